The minimum Gasteiger partial charge on any atom is -0.493 e. The van der Waals surface area contributed by atoms with Gasteiger partial charge in [0.1, 0.15) is 6.04 Å². The van der Waals surface area contributed by atoms with Gasteiger partial charge in [-0.25, -0.2) is 4.79 Å². The van der Waals surface area contributed by atoms with Crippen LogP contribution in [0.25, 0.3) is 0 Å². The molecule has 1 amide bonds. The lowest BCUT2D eigenvalue weighted by molar-refractivity contribution is -0.139. The molecule has 0 spiro atoms. The Morgan fingerprint density at radius 1 is 1.43 bits per heavy atom. The quantitative estimate of drug-likeness (QED) is 0.671. The topological polar surface area (TPSA) is 84.9 Å². The second-order valence-electron chi connectivity index (χ2n) is 4.59. The summed E-state index contributed by atoms with van der Waals surface area (Å²) in [6, 6.07) is 2.09. The van der Waals surface area contributed by atoms with Gasteiger partial charge < -0.3 is 19.9 Å². The first-order chi connectivity index (χ1) is 10.9. The molecular formula is C16H20BrNO5. The number of halogens is 1. The first-order valence-electron chi connectivity index (χ1n) is 7.09. The van der Waals surface area contributed by atoms with E-state index >= 15 is 0 Å². The van der Waals surface area contributed by atoms with Crippen LogP contribution < -0.4 is 14.8 Å². The van der Waals surface area contributed by atoms with Crippen LogP contribution in [0.5, 0.6) is 11.5 Å². The summed E-state index contributed by atoms with van der Waals surface area (Å²) in [6.45, 7) is 4.07. The van der Waals surface area contributed by atoms with E-state index in [0.717, 1.165) is 0 Å². The number of carboxylic acids is 1. The third-order valence-corrected chi connectivity index (χ3v) is 3.58. The summed E-state index contributed by atoms with van der Waals surface area (Å²) in [5, 5.41) is 11.7. The molecule has 1 aromatic rings. The first kappa shape index (κ1) is 19.0. The summed E-state index contributed by atoms with van der Waals surface area (Å²) in [5.41, 5.74) is 0.281. The Labute approximate surface area is 143 Å². The molecule has 6 nitrogen and oxygen atoms in total. The van der Waals surface area contributed by atoms with Gasteiger partial charge in [-0.2, -0.15) is 0 Å². The number of rotatable bonds is 8. The van der Waals surface area contributed by atoms with Crippen LogP contribution in [0.3, 0.4) is 0 Å². The lowest BCUT2D eigenvalue weighted by atomic mass is 10.1. The number of benzene rings is 1. The zero-order valence-electron chi connectivity index (χ0n) is 13.3. The lowest BCUT2D eigenvalue weighted by Crippen LogP contribution is -2.40. The van der Waals surface area contributed by atoms with Gasteiger partial charge in [0, 0.05) is 5.56 Å². The van der Waals surface area contributed by atoms with Gasteiger partial charge in [-0.15, -0.1) is 0 Å². The molecular weight excluding hydrogens is 366 g/mol. The fourth-order valence-corrected chi connectivity index (χ4v) is 2.43. The van der Waals surface area contributed by atoms with Crippen LogP contribution in [-0.4, -0.2) is 36.7 Å². The Hall–Kier alpha value is -2.02. The van der Waals surface area contributed by atoms with Crippen molar-refractivity contribution in [1.82, 2.24) is 5.32 Å². The normalized spacial score (nSPS) is 12.0. The van der Waals surface area contributed by atoms with Gasteiger partial charge in [0.25, 0.3) is 5.91 Å². The highest BCUT2D eigenvalue weighted by Gasteiger charge is 2.21. The van der Waals surface area contributed by atoms with Crippen molar-refractivity contribution in [2.45, 2.75) is 26.3 Å². The van der Waals surface area contributed by atoms with Crippen LogP contribution in [0, 0.1) is 0 Å². The Bertz CT molecular complexity index is 600. The molecule has 0 aromatic heterocycles. The van der Waals surface area contributed by atoms with Crippen LogP contribution in [-0.2, 0) is 4.79 Å². The molecule has 0 bridgehead atoms. The molecule has 1 atom stereocenters. The maximum absolute atomic E-state index is 12.3. The average molecular weight is 386 g/mol. The minimum absolute atomic E-state index is 0.215. The van der Waals surface area contributed by atoms with Crippen molar-refractivity contribution in [2.75, 3.05) is 13.7 Å². The van der Waals surface area contributed by atoms with E-state index in [-0.39, 0.29) is 12.0 Å². The number of methoxy groups -OCH3 is 1. The predicted octanol–water partition coefficient (Wildman–Crippen LogP) is 3.01. The Morgan fingerprint density at radius 2 is 2.13 bits per heavy atom. The number of hydrogen-bond acceptors (Lipinski definition) is 4. The summed E-state index contributed by atoms with van der Waals surface area (Å²) in [6.07, 6.45) is 3.64. The van der Waals surface area contributed by atoms with Gasteiger partial charge >= 0.3 is 5.97 Å². The molecule has 0 aliphatic rings. The molecule has 1 rings (SSSR count). The molecule has 2 N–H and O–H groups in total. The van der Waals surface area contributed by atoms with Crippen LogP contribution in [0.1, 0.15) is 30.6 Å². The standard InChI is InChI=1S/C16H20BrNO5/c1-4-6-7-12(16(20)21)18-15(19)10-8-11(17)14(23-5-2)13(9-10)22-3/h4,6,8-9,12H,5,7H2,1-3H3,(H,18,19)(H,20,21)/b6-4+. The van der Waals surface area contributed by atoms with Crippen molar-refractivity contribution in [3.05, 3.63) is 34.3 Å². The van der Waals surface area contributed by atoms with E-state index in [1.807, 2.05) is 6.92 Å². The van der Waals surface area contributed by atoms with Crippen LogP contribution >= 0.6 is 15.9 Å². The third-order valence-electron chi connectivity index (χ3n) is 2.99. The molecule has 1 unspecified atom stereocenters. The van der Waals surface area contributed by atoms with Crippen molar-refractivity contribution in [2.24, 2.45) is 0 Å². The number of allylic oxidation sites excluding steroid dienone is 1. The zero-order chi connectivity index (χ0) is 17.4. The zero-order valence-corrected chi connectivity index (χ0v) is 14.8. The molecule has 0 aliphatic heterocycles. The fourth-order valence-electron chi connectivity index (χ4n) is 1.87. The molecule has 23 heavy (non-hydrogen) atoms. The second kappa shape index (κ2) is 9.19. The second-order valence-corrected chi connectivity index (χ2v) is 5.45. The molecule has 0 saturated carbocycles. The summed E-state index contributed by atoms with van der Waals surface area (Å²) in [4.78, 5) is 23.5. The van der Waals surface area contributed by atoms with E-state index in [0.29, 0.717) is 22.6 Å². The van der Waals surface area contributed by atoms with Crippen LogP contribution in [0.15, 0.2) is 28.8 Å². The number of carbonyl (C=O) groups excluding carboxylic acids is 1. The maximum atomic E-state index is 12.3. The molecule has 0 heterocycles. The number of aliphatic carboxylic acids is 1. The molecule has 0 aliphatic carbocycles. The summed E-state index contributed by atoms with van der Waals surface area (Å²) in [5.74, 6) is -0.695. The number of carbonyl (C=O) groups is 2. The largest absolute Gasteiger partial charge is 0.493 e. The van der Waals surface area contributed by atoms with Crippen LogP contribution in [0.2, 0.25) is 0 Å². The maximum Gasteiger partial charge on any atom is 0.326 e. The Kier molecular flexibility index (Phi) is 7.61. The number of carboxylic acid groups (broad SMARTS) is 1. The van der Waals surface area contributed by atoms with E-state index in [9.17, 15) is 9.59 Å². The Balaban J connectivity index is 3.03. The minimum atomic E-state index is -1.09. The Morgan fingerprint density at radius 3 is 2.65 bits per heavy atom. The van der Waals surface area contributed by atoms with E-state index in [4.69, 9.17) is 14.6 Å². The molecule has 1 aromatic carbocycles. The van der Waals surface area contributed by atoms with Gasteiger partial charge in [0.15, 0.2) is 11.5 Å². The monoisotopic (exact) mass is 385 g/mol. The fraction of sp³-hybridized carbons (Fsp3) is 0.375. The number of ether oxygens (including phenoxy) is 2. The number of amides is 1. The smallest absolute Gasteiger partial charge is 0.326 e. The summed E-state index contributed by atoms with van der Waals surface area (Å²) >= 11 is 3.33. The van der Waals surface area contributed by atoms with Crippen molar-refractivity contribution in [3.8, 4) is 11.5 Å². The van der Waals surface area contributed by atoms with Gasteiger partial charge in [-0.1, -0.05) is 12.2 Å². The lowest BCUT2D eigenvalue weighted by Gasteiger charge is -2.15. The van der Waals surface area contributed by atoms with Gasteiger partial charge in [0.05, 0.1) is 18.2 Å². The number of nitrogens with one attached hydrogen (secondary N) is 1. The average Bonchev–Trinajstić information content (AvgIpc) is 2.52. The van der Waals surface area contributed by atoms with Crippen molar-refractivity contribution in [3.63, 3.8) is 0 Å². The molecule has 0 saturated heterocycles. The third kappa shape index (κ3) is 5.28. The molecule has 7 heteroatoms. The van der Waals surface area contributed by atoms with E-state index < -0.39 is 17.9 Å². The van der Waals surface area contributed by atoms with Crippen molar-refractivity contribution < 1.29 is 24.2 Å². The molecule has 126 valence electrons. The summed E-state index contributed by atoms with van der Waals surface area (Å²) in [7, 11) is 1.47. The van der Waals surface area contributed by atoms with Gasteiger partial charge in [-0.05, 0) is 48.3 Å². The van der Waals surface area contributed by atoms with Crippen molar-refractivity contribution in [1.29, 1.82) is 0 Å². The SMILES string of the molecule is C/C=C/CC(NC(=O)c1cc(Br)c(OCC)c(OC)c1)C(=O)O. The summed E-state index contributed by atoms with van der Waals surface area (Å²) < 4.78 is 11.2. The first-order valence-corrected chi connectivity index (χ1v) is 7.89. The van der Waals surface area contributed by atoms with E-state index in [1.54, 1.807) is 25.1 Å². The molecule has 0 fully saturated rings. The highest BCUT2D eigenvalue weighted by atomic mass is 79.9. The highest BCUT2D eigenvalue weighted by Crippen LogP contribution is 2.36. The van der Waals surface area contributed by atoms with Crippen LogP contribution in [0.4, 0.5) is 0 Å². The molecule has 0 radical (unpaired) electrons. The highest BCUT2D eigenvalue weighted by molar-refractivity contribution is 9.10. The predicted molar refractivity (Wildman–Crippen MR) is 90.2 cm³/mol. The van der Waals surface area contributed by atoms with E-state index in [1.165, 1.54) is 13.2 Å². The number of hydrogen-bond donors (Lipinski definition) is 2. The van der Waals surface area contributed by atoms with Gasteiger partial charge in [0.2, 0.25) is 0 Å². The van der Waals surface area contributed by atoms with Crippen molar-refractivity contribution >= 4 is 27.8 Å². The van der Waals surface area contributed by atoms with E-state index in [2.05, 4.69) is 21.2 Å². The van der Waals surface area contributed by atoms with Gasteiger partial charge in [-0.3, -0.25) is 4.79 Å².